The molecule has 0 atom stereocenters. The monoisotopic (exact) mass is 537 g/mol. The second kappa shape index (κ2) is 14.8. The molecule has 2 rings (SSSR count). The summed E-state index contributed by atoms with van der Waals surface area (Å²) in [7, 11) is 3.77. The molecular formula is C24H36IN5O. The zero-order valence-electron chi connectivity index (χ0n) is 19.1. The summed E-state index contributed by atoms with van der Waals surface area (Å²) >= 11 is 0. The first-order valence-corrected chi connectivity index (χ1v) is 10.6. The van der Waals surface area contributed by atoms with Crippen LogP contribution in [0.1, 0.15) is 40.9 Å². The number of carbonyl (C=O) groups is 1. The van der Waals surface area contributed by atoms with Crippen molar-refractivity contribution in [2.24, 2.45) is 4.99 Å². The molecular weight excluding hydrogens is 501 g/mol. The molecule has 2 aromatic carbocycles. The van der Waals surface area contributed by atoms with Crippen LogP contribution in [-0.2, 0) is 19.5 Å². The average molecular weight is 537 g/mol. The highest BCUT2D eigenvalue weighted by atomic mass is 127. The van der Waals surface area contributed by atoms with Gasteiger partial charge in [-0.05, 0) is 55.8 Å². The van der Waals surface area contributed by atoms with Gasteiger partial charge in [0.2, 0.25) is 0 Å². The number of hydrogen-bond donors (Lipinski definition) is 3. The van der Waals surface area contributed by atoms with Gasteiger partial charge in [-0.25, -0.2) is 4.99 Å². The summed E-state index contributed by atoms with van der Waals surface area (Å²) < 4.78 is 0. The van der Waals surface area contributed by atoms with Crippen LogP contribution in [0.3, 0.4) is 0 Å². The Bertz CT molecular complexity index is 840. The number of amides is 1. The topological polar surface area (TPSA) is 68.8 Å². The van der Waals surface area contributed by atoms with Crippen LogP contribution in [0.25, 0.3) is 0 Å². The Labute approximate surface area is 203 Å². The van der Waals surface area contributed by atoms with E-state index in [0.717, 1.165) is 44.1 Å². The molecule has 0 aliphatic rings. The molecule has 0 spiro atoms. The van der Waals surface area contributed by atoms with E-state index in [1.807, 2.05) is 24.3 Å². The van der Waals surface area contributed by atoms with Crippen LogP contribution >= 0.6 is 24.0 Å². The molecule has 0 radical (unpaired) electrons. The van der Waals surface area contributed by atoms with Crippen LogP contribution in [0, 0.1) is 0 Å². The lowest BCUT2D eigenvalue weighted by molar-refractivity contribution is 0.0963. The Morgan fingerprint density at radius 3 is 2.42 bits per heavy atom. The smallest absolute Gasteiger partial charge is 0.251 e. The van der Waals surface area contributed by atoms with Crippen LogP contribution < -0.4 is 16.0 Å². The highest BCUT2D eigenvalue weighted by Crippen LogP contribution is 2.09. The zero-order chi connectivity index (χ0) is 21.8. The van der Waals surface area contributed by atoms with Crippen molar-refractivity contribution in [3.05, 3.63) is 70.8 Å². The number of halogens is 1. The van der Waals surface area contributed by atoms with Crippen LogP contribution in [0.2, 0.25) is 0 Å². The van der Waals surface area contributed by atoms with Crippen LogP contribution in [0.5, 0.6) is 0 Å². The molecule has 6 nitrogen and oxygen atoms in total. The number of hydrogen-bond acceptors (Lipinski definition) is 3. The number of rotatable bonds is 10. The molecule has 3 N–H and O–H groups in total. The standard InChI is InChI=1S/C24H35N5O.HI/c1-5-26-24(27-14-13-19-9-8-12-22(16-19)23(30)25-3)28-17-20-10-7-11-21(15-20)18-29(4)6-2;/h7-12,15-16H,5-6,13-14,17-18H2,1-4H3,(H,25,30)(H2,26,27,28);1H. The first-order valence-electron chi connectivity index (χ1n) is 10.6. The van der Waals surface area contributed by atoms with E-state index in [1.54, 1.807) is 7.05 Å². The minimum atomic E-state index is -0.0629. The molecule has 7 heteroatoms. The second-order valence-corrected chi connectivity index (χ2v) is 7.30. The van der Waals surface area contributed by atoms with E-state index >= 15 is 0 Å². The maximum absolute atomic E-state index is 11.8. The molecule has 31 heavy (non-hydrogen) atoms. The van der Waals surface area contributed by atoms with Crippen molar-refractivity contribution in [1.82, 2.24) is 20.9 Å². The lowest BCUT2D eigenvalue weighted by Gasteiger charge is -2.14. The van der Waals surface area contributed by atoms with Gasteiger partial charge in [0.15, 0.2) is 5.96 Å². The first kappa shape index (κ1) is 26.9. The molecule has 0 aliphatic carbocycles. The SMILES string of the molecule is CCNC(=NCc1cccc(CN(C)CC)c1)NCCc1cccc(C(=O)NC)c1.I. The van der Waals surface area contributed by atoms with Gasteiger partial charge in [0.1, 0.15) is 0 Å². The van der Waals surface area contributed by atoms with Crippen LogP contribution in [0.4, 0.5) is 0 Å². The Balaban J connectivity index is 0.00000480. The van der Waals surface area contributed by atoms with Crippen molar-refractivity contribution in [3.8, 4) is 0 Å². The van der Waals surface area contributed by atoms with Crippen LogP contribution in [0.15, 0.2) is 53.5 Å². The maximum Gasteiger partial charge on any atom is 0.251 e. The largest absolute Gasteiger partial charge is 0.357 e. The van der Waals surface area contributed by atoms with Crippen molar-refractivity contribution < 1.29 is 4.79 Å². The highest BCUT2D eigenvalue weighted by molar-refractivity contribution is 14.0. The third-order valence-corrected chi connectivity index (χ3v) is 4.87. The molecule has 170 valence electrons. The fourth-order valence-electron chi connectivity index (χ4n) is 3.10. The summed E-state index contributed by atoms with van der Waals surface area (Å²) in [4.78, 5) is 18.8. The van der Waals surface area contributed by atoms with Gasteiger partial charge in [-0.2, -0.15) is 0 Å². The third-order valence-electron chi connectivity index (χ3n) is 4.87. The predicted molar refractivity (Wildman–Crippen MR) is 140 cm³/mol. The van der Waals surface area contributed by atoms with Gasteiger partial charge < -0.3 is 20.9 Å². The summed E-state index contributed by atoms with van der Waals surface area (Å²) in [5.41, 5.74) is 4.31. The van der Waals surface area contributed by atoms with E-state index in [2.05, 4.69) is 66.0 Å². The molecule has 1 amide bonds. The lowest BCUT2D eigenvalue weighted by atomic mass is 10.1. The van der Waals surface area contributed by atoms with Crippen molar-refractivity contribution in [2.75, 3.05) is 33.7 Å². The van der Waals surface area contributed by atoms with Gasteiger partial charge in [-0.3, -0.25) is 4.79 Å². The van der Waals surface area contributed by atoms with Gasteiger partial charge in [0, 0.05) is 32.2 Å². The summed E-state index contributed by atoms with van der Waals surface area (Å²) in [5, 5.41) is 9.35. The van der Waals surface area contributed by atoms with E-state index in [9.17, 15) is 4.79 Å². The molecule has 0 saturated carbocycles. The molecule has 0 unspecified atom stereocenters. The second-order valence-electron chi connectivity index (χ2n) is 7.30. The Hall–Kier alpha value is -2.13. The molecule has 0 heterocycles. The number of guanidine groups is 1. The Morgan fingerprint density at radius 1 is 1.00 bits per heavy atom. The molecule has 2 aromatic rings. The van der Waals surface area contributed by atoms with Gasteiger partial charge >= 0.3 is 0 Å². The Morgan fingerprint density at radius 2 is 1.71 bits per heavy atom. The number of aliphatic imine (C=N–C) groups is 1. The van der Waals surface area contributed by atoms with Gasteiger partial charge in [0.05, 0.1) is 6.54 Å². The summed E-state index contributed by atoms with van der Waals surface area (Å²) in [6.07, 6.45) is 0.814. The maximum atomic E-state index is 11.8. The normalized spacial score (nSPS) is 11.1. The third kappa shape index (κ3) is 9.69. The fourth-order valence-corrected chi connectivity index (χ4v) is 3.10. The molecule has 0 aromatic heterocycles. The van der Waals surface area contributed by atoms with Gasteiger partial charge in [-0.1, -0.05) is 43.3 Å². The van der Waals surface area contributed by atoms with E-state index in [-0.39, 0.29) is 29.9 Å². The molecule has 0 aliphatic heterocycles. The van der Waals surface area contributed by atoms with Crippen molar-refractivity contribution in [2.45, 2.75) is 33.4 Å². The molecule has 0 bridgehead atoms. The van der Waals surface area contributed by atoms with Gasteiger partial charge in [-0.15, -0.1) is 24.0 Å². The number of benzene rings is 2. The summed E-state index contributed by atoms with van der Waals surface area (Å²) in [6.45, 7) is 8.38. The zero-order valence-corrected chi connectivity index (χ0v) is 21.4. The van der Waals surface area contributed by atoms with E-state index in [0.29, 0.717) is 12.1 Å². The minimum absolute atomic E-state index is 0. The lowest BCUT2D eigenvalue weighted by Crippen LogP contribution is -2.38. The Kier molecular flexibility index (Phi) is 12.8. The quantitative estimate of drug-likeness (QED) is 0.247. The van der Waals surface area contributed by atoms with E-state index in [1.165, 1.54) is 11.1 Å². The van der Waals surface area contributed by atoms with E-state index in [4.69, 9.17) is 4.99 Å². The van der Waals surface area contributed by atoms with Crippen molar-refractivity contribution in [3.63, 3.8) is 0 Å². The highest BCUT2D eigenvalue weighted by Gasteiger charge is 2.04. The van der Waals surface area contributed by atoms with Crippen molar-refractivity contribution in [1.29, 1.82) is 0 Å². The summed E-state index contributed by atoms with van der Waals surface area (Å²) in [6, 6.07) is 16.3. The molecule has 0 fully saturated rings. The van der Waals surface area contributed by atoms with Crippen LogP contribution in [-0.4, -0.2) is 50.5 Å². The van der Waals surface area contributed by atoms with Gasteiger partial charge in [0.25, 0.3) is 5.91 Å². The minimum Gasteiger partial charge on any atom is -0.357 e. The fraction of sp³-hybridized carbons (Fsp3) is 0.417. The average Bonchev–Trinajstić information content (AvgIpc) is 2.77. The summed E-state index contributed by atoms with van der Waals surface area (Å²) in [5.74, 6) is 0.739. The molecule has 0 saturated heterocycles. The first-order chi connectivity index (χ1) is 14.5. The van der Waals surface area contributed by atoms with Crippen molar-refractivity contribution >= 4 is 35.8 Å². The number of nitrogens with zero attached hydrogens (tertiary/aromatic N) is 2. The van der Waals surface area contributed by atoms with E-state index < -0.39 is 0 Å². The number of carbonyl (C=O) groups excluding carboxylic acids is 1. The number of nitrogens with one attached hydrogen (secondary N) is 3. The predicted octanol–water partition coefficient (Wildman–Crippen LogP) is 3.41.